The lowest BCUT2D eigenvalue weighted by Crippen LogP contribution is -2.40. The highest BCUT2D eigenvalue weighted by molar-refractivity contribution is 5.68. The molecule has 7 heteroatoms. The van der Waals surface area contributed by atoms with Gasteiger partial charge >= 0.3 is 6.09 Å². The van der Waals surface area contributed by atoms with E-state index < -0.39 is 35.2 Å². The number of carbonyl (C=O) groups is 1. The third-order valence-electron chi connectivity index (χ3n) is 2.61. The van der Waals surface area contributed by atoms with Gasteiger partial charge in [0.15, 0.2) is 11.6 Å². The van der Waals surface area contributed by atoms with Gasteiger partial charge in [0, 0.05) is 12.1 Å². The number of amides is 1. The molecule has 4 nitrogen and oxygen atoms in total. The Balaban J connectivity index is 2.83. The molecule has 1 unspecified atom stereocenters. The Morgan fingerprint density at radius 3 is 2.41 bits per heavy atom. The molecular weight excluding hydrogens is 297 g/mol. The Morgan fingerprint density at radius 1 is 1.27 bits per heavy atom. The lowest BCUT2D eigenvalue weighted by Gasteiger charge is -2.22. The van der Waals surface area contributed by atoms with Crippen molar-refractivity contribution >= 4 is 6.09 Å². The summed E-state index contributed by atoms with van der Waals surface area (Å²) in [6.45, 7) is 5.00. The molecule has 0 bridgehead atoms. The van der Waals surface area contributed by atoms with Crippen LogP contribution in [0.4, 0.5) is 18.0 Å². The lowest BCUT2D eigenvalue weighted by atomic mass is 10.0. The number of hydrogen-bond acceptors (Lipinski definition) is 3. The fourth-order valence-corrected chi connectivity index (χ4v) is 1.74. The first-order chi connectivity index (χ1) is 10.1. The van der Waals surface area contributed by atoms with Crippen LogP contribution >= 0.6 is 0 Å². The third-order valence-corrected chi connectivity index (χ3v) is 2.61. The van der Waals surface area contributed by atoms with Gasteiger partial charge in [-0.15, -0.1) is 0 Å². The number of nitriles is 1. The van der Waals surface area contributed by atoms with Gasteiger partial charge in [-0.1, -0.05) is 0 Å². The van der Waals surface area contributed by atoms with Gasteiger partial charge in [0.05, 0.1) is 12.5 Å². The van der Waals surface area contributed by atoms with E-state index in [0.29, 0.717) is 12.1 Å². The van der Waals surface area contributed by atoms with Crippen LogP contribution in [0.1, 0.15) is 32.8 Å². The molecule has 0 aliphatic rings. The molecule has 1 aromatic rings. The summed E-state index contributed by atoms with van der Waals surface area (Å²) >= 11 is 0. The van der Waals surface area contributed by atoms with E-state index in [1.807, 2.05) is 6.07 Å². The van der Waals surface area contributed by atoms with Crippen molar-refractivity contribution in [1.82, 2.24) is 5.32 Å². The van der Waals surface area contributed by atoms with E-state index in [1.165, 1.54) is 0 Å². The van der Waals surface area contributed by atoms with Gasteiger partial charge in [-0.2, -0.15) is 5.26 Å². The minimum atomic E-state index is -1.29. The van der Waals surface area contributed by atoms with Gasteiger partial charge in [0.25, 0.3) is 0 Å². The topological polar surface area (TPSA) is 62.1 Å². The monoisotopic (exact) mass is 314 g/mol. The average molecular weight is 314 g/mol. The molecule has 1 N–H and O–H groups in total. The van der Waals surface area contributed by atoms with Crippen LogP contribution in [0.2, 0.25) is 0 Å². The molecule has 22 heavy (non-hydrogen) atoms. The van der Waals surface area contributed by atoms with E-state index in [1.54, 1.807) is 20.8 Å². The SMILES string of the molecule is CC(C)(C)OC(=O)NC(CC#N)Cc1cc(F)c(F)cc1F. The van der Waals surface area contributed by atoms with Gasteiger partial charge < -0.3 is 10.1 Å². The third kappa shape index (κ3) is 5.64. The lowest BCUT2D eigenvalue weighted by molar-refractivity contribution is 0.0505. The van der Waals surface area contributed by atoms with Crippen LogP contribution in [-0.2, 0) is 11.2 Å². The van der Waals surface area contributed by atoms with Gasteiger partial charge in [0.2, 0.25) is 0 Å². The van der Waals surface area contributed by atoms with Gasteiger partial charge in [-0.25, -0.2) is 18.0 Å². The molecule has 0 aliphatic carbocycles. The summed E-state index contributed by atoms with van der Waals surface area (Å²) in [5.41, 5.74) is -0.857. The van der Waals surface area contributed by atoms with Crippen LogP contribution in [0, 0.1) is 28.8 Å². The highest BCUT2D eigenvalue weighted by atomic mass is 19.2. The second kappa shape index (κ2) is 7.16. The number of nitrogens with zero attached hydrogens (tertiary/aromatic N) is 1. The van der Waals surface area contributed by atoms with Crippen LogP contribution in [0.3, 0.4) is 0 Å². The maximum atomic E-state index is 13.6. The number of alkyl carbamates (subject to hydrolysis) is 1. The summed E-state index contributed by atoms with van der Waals surface area (Å²) < 4.78 is 44.7. The Bertz CT molecular complexity index is 592. The Morgan fingerprint density at radius 2 is 1.86 bits per heavy atom. The van der Waals surface area contributed by atoms with Crippen molar-refractivity contribution in [3.05, 3.63) is 35.1 Å². The largest absolute Gasteiger partial charge is 0.444 e. The summed E-state index contributed by atoms with van der Waals surface area (Å²) in [5, 5.41) is 11.2. The quantitative estimate of drug-likeness (QED) is 0.866. The molecule has 0 aromatic heterocycles. The van der Waals surface area contributed by atoms with Crippen LogP contribution < -0.4 is 5.32 Å². The number of nitrogens with one attached hydrogen (secondary N) is 1. The van der Waals surface area contributed by atoms with Crippen molar-refractivity contribution in [2.75, 3.05) is 0 Å². The first kappa shape index (κ1) is 17.8. The minimum absolute atomic E-state index is 0.127. The van der Waals surface area contributed by atoms with E-state index in [4.69, 9.17) is 10.00 Å². The molecule has 0 saturated heterocycles. The molecule has 0 aliphatic heterocycles. The van der Waals surface area contributed by atoms with Crippen molar-refractivity contribution in [2.24, 2.45) is 0 Å². The fraction of sp³-hybridized carbons (Fsp3) is 0.467. The maximum absolute atomic E-state index is 13.6. The Labute approximate surface area is 126 Å². The van der Waals surface area contributed by atoms with E-state index in [-0.39, 0.29) is 18.4 Å². The van der Waals surface area contributed by atoms with E-state index in [9.17, 15) is 18.0 Å². The van der Waals surface area contributed by atoms with E-state index in [2.05, 4.69) is 5.32 Å². The highest BCUT2D eigenvalue weighted by Gasteiger charge is 2.21. The normalized spacial score (nSPS) is 12.4. The summed E-state index contributed by atoms with van der Waals surface area (Å²) in [7, 11) is 0. The predicted molar refractivity (Wildman–Crippen MR) is 73.4 cm³/mol. The number of halogens is 3. The predicted octanol–water partition coefficient (Wildman–Crippen LogP) is 3.45. The molecule has 1 rings (SSSR count). The van der Waals surface area contributed by atoms with Crippen LogP contribution in [-0.4, -0.2) is 17.7 Å². The van der Waals surface area contributed by atoms with E-state index in [0.717, 1.165) is 0 Å². The zero-order valence-electron chi connectivity index (χ0n) is 12.5. The Kier molecular flexibility index (Phi) is 5.80. The smallest absolute Gasteiger partial charge is 0.407 e. The maximum Gasteiger partial charge on any atom is 0.407 e. The molecule has 0 saturated carbocycles. The van der Waals surface area contributed by atoms with Crippen molar-refractivity contribution in [3.63, 3.8) is 0 Å². The minimum Gasteiger partial charge on any atom is -0.444 e. The second-order valence-electron chi connectivity index (χ2n) is 5.77. The second-order valence-corrected chi connectivity index (χ2v) is 5.77. The summed E-state index contributed by atoms with van der Waals surface area (Å²) in [4.78, 5) is 11.7. The van der Waals surface area contributed by atoms with Gasteiger partial charge in [0.1, 0.15) is 11.4 Å². The first-order valence-corrected chi connectivity index (χ1v) is 6.62. The van der Waals surface area contributed by atoms with Crippen molar-refractivity contribution in [1.29, 1.82) is 5.26 Å². The molecule has 1 aromatic carbocycles. The van der Waals surface area contributed by atoms with Crippen LogP contribution in [0.5, 0.6) is 0 Å². The molecule has 0 heterocycles. The highest BCUT2D eigenvalue weighted by Crippen LogP contribution is 2.16. The number of carbonyl (C=O) groups excluding carboxylic acids is 1. The zero-order valence-corrected chi connectivity index (χ0v) is 12.5. The molecule has 0 radical (unpaired) electrons. The summed E-state index contributed by atoms with van der Waals surface area (Å²) in [6.07, 6.45) is -1.05. The summed E-state index contributed by atoms with van der Waals surface area (Å²) in [6, 6.07) is 2.21. The van der Waals surface area contributed by atoms with Crippen molar-refractivity contribution in [2.45, 2.75) is 45.3 Å². The number of rotatable bonds is 4. The van der Waals surface area contributed by atoms with Crippen LogP contribution in [0.25, 0.3) is 0 Å². The molecular formula is C15H17F3N2O2. The van der Waals surface area contributed by atoms with E-state index >= 15 is 0 Å². The fourth-order valence-electron chi connectivity index (χ4n) is 1.74. The molecule has 0 fully saturated rings. The van der Waals surface area contributed by atoms with Gasteiger partial charge in [-0.05, 0) is 38.8 Å². The van der Waals surface area contributed by atoms with Crippen LogP contribution in [0.15, 0.2) is 12.1 Å². The first-order valence-electron chi connectivity index (χ1n) is 6.62. The van der Waals surface area contributed by atoms with Crippen molar-refractivity contribution < 1.29 is 22.7 Å². The molecule has 120 valence electrons. The standard InChI is InChI=1S/C15H17F3N2O2/c1-15(2,3)22-14(21)20-10(4-5-19)6-9-7-12(17)13(18)8-11(9)16/h7-8,10H,4,6H2,1-3H3,(H,20,21). The summed E-state index contributed by atoms with van der Waals surface area (Å²) in [5.74, 6) is -3.42. The number of hydrogen-bond donors (Lipinski definition) is 1. The zero-order chi connectivity index (χ0) is 16.9. The molecule has 1 atom stereocenters. The average Bonchev–Trinajstić information content (AvgIpc) is 2.33. The number of benzene rings is 1. The number of ether oxygens (including phenoxy) is 1. The molecule has 1 amide bonds. The van der Waals surface area contributed by atoms with Gasteiger partial charge in [-0.3, -0.25) is 0 Å². The molecule has 0 spiro atoms. The van der Waals surface area contributed by atoms with Crippen molar-refractivity contribution in [3.8, 4) is 6.07 Å². The Hall–Kier alpha value is -2.23.